The molecule has 2 aromatic heterocycles. The number of hydrogen-bond donors (Lipinski definition) is 1. The Bertz CT molecular complexity index is 1360. The van der Waals surface area contributed by atoms with Gasteiger partial charge < -0.3 is 14.8 Å². The zero-order valence-corrected chi connectivity index (χ0v) is 17.5. The van der Waals surface area contributed by atoms with Crippen molar-refractivity contribution >= 4 is 45.6 Å². The van der Waals surface area contributed by atoms with Crippen LogP contribution in [0.15, 0.2) is 66.0 Å². The third-order valence-corrected chi connectivity index (χ3v) is 5.87. The zero-order valence-electron chi connectivity index (χ0n) is 16.7. The molecule has 0 aliphatic carbocycles. The highest BCUT2D eigenvalue weighted by Gasteiger charge is 2.20. The van der Waals surface area contributed by atoms with Crippen LogP contribution in [0.4, 0.5) is 5.69 Å². The van der Waals surface area contributed by atoms with E-state index in [2.05, 4.69) is 10.3 Å². The lowest BCUT2D eigenvalue weighted by atomic mass is 10.1. The standard InChI is InChI=1S/C24H16N2O5S/c27-20(14-7-8-21-18(10-14)26-23(28)13-30-21)12-31-24(29)16-11-19(22-6-3-9-32-22)25-17-5-2-1-4-15(16)17/h1-11H,12-13H2,(H,26,28). The predicted octanol–water partition coefficient (Wildman–Crippen LogP) is 4.33. The molecule has 0 bridgehead atoms. The third-order valence-electron chi connectivity index (χ3n) is 4.98. The van der Waals surface area contributed by atoms with Crippen molar-refractivity contribution in [2.24, 2.45) is 0 Å². The number of fused-ring (bicyclic) bond motifs is 2. The van der Waals surface area contributed by atoms with Crippen molar-refractivity contribution in [3.8, 4) is 16.3 Å². The molecular formula is C24H16N2O5S. The van der Waals surface area contributed by atoms with Crippen molar-refractivity contribution in [2.75, 3.05) is 18.5 Å². The molecule has 1 aliphatic rings. The number of hydrogen-bond acceptors (Lipinski definition) is 7. The van der Waals surface area contributed by atoms with E-state index in [-0.39, 0.29) is 12.5 Å². The molecule has 158 valence electrons. The molecule has 0 saturated heterocycles. The number of ether oxygens (including phenoxy) is 2. The number of thiophene rings is 1. The molecule has 1 amide bonds. The summed E-state index contributed by atoms with van der Waals surface area (Å²) >= 11 is 1.52. The largest absolute Gasteiger partial charge is 0.482 e. The van der Waals surface area contributed by atoms with E-state index in [1.165, 1.54) is 17.4 Å². The van der Waals surface area contributed by atoms with Crippen molar-refractivity contribution in [3.63, 3.8) is 0 Å². The quantitative estimate of drug-likeness (QED) is 0.364. The van der Waals surface area contributed by atoms with Crippen molar-refractivity contribution in [1.29, 1.82) is 0 Å². The smallest absolute Gasteiger partial charge is 0.339 e. The van der Waals surface area contributed by atoms with Crippen molar-refractivity contribution in [1.82, 2.24) is 4.98 Å². The molecule has 4 aromatic rings. The van der Waals surface area contributed by atoms with Crippen LogP contribution in [-0.2, 0) is 9.53 Å². The third kappa shape index (κ3) is 3.83. The van der Waals surface area contributed by atoms with Crippen LogP contribution in [0.1, 0.15) is 20.7 Å². The first-order valence-corrected chi connectivity index (χ1v) is 10.7. The van der Waals surface area contributed by atoms with Crippen LogP contribution < -0.4 is 10.1 Å². The molecule has 32 heavy (non-hydrogen) atoms. The van der Waals surface area contributed by atoms with E-state index in [9.17, 15) is 14.4 Å². The van der Waals surface area contributed by atoms with Gasteiger partial charge >= 0.3 is 5.97 Å². The number of Topliss-reactive ketones (excluding diaryl/α,β-unsaturated/α-hetero) is 1. The number of esters is 1. The molecular weight excluding hydrogens is 428 g/mol. The number of aromatic nitrogens is 1. The van der Waals surface area contributed by atoms with Gasteiger partial charge in [-0.3, -0.25) is 9.59 Å². The Balaban J connectivity index is 1.38. The van der Waals surface area contributed by atoms with Gasteiger partial charge in [0.05, 0.1) is 27.3 Å². The average Bonchev–Trinajstić information content (AvgIpc) is 3.36. The lowest BCUT2D eigenvalue weighted by Gasteiger charge is -2.18. The van der Waals surface area contributed by atoms with E-state index in [0.717, 1.165) is 4.88 Å². The number of carbonyl (C=O) groups excluding carboxylic acids is 3. The normalized spacial score (nSPS) is 12.6. The second kappa shape index (κ2) is 8.24. The van der Waals surface area contributed by atoms with Gasteiger partial charge in [0.25, 0.3) is 5.91 Å². The molecule has 1 N–H and O–H groups in total. The Morgan fingerprint density at radius 1 is 1.09 bits per heavy atom. The maximum absolute atomic E-state index is 12.9. The molecule has 8 heteroatoms. The lowest BCUT2D eigenvalue weighted by Crippen LogP contribution is -2.25. The summed E-state index contributed by atoms with van der Waals surface area (Å²) in [5.74, 6) is -0.802. The molecule has 0 atom stereocenters. The molecule has 0 saturated carbocycles. The van der Waals surface area contributed by atoms with Crippen molar-refractivity contribution in [2.45, 2.75) is 0 Å². The summed E-state index contributed by atoms with van der Waals surface area (Å²) < 4.78 is 10.7. The minimum atomic E-state index is -0.607. The van der Waals surface area contributed by atoms with E-state index in [4.69, 9.17) is 9.47 Å². The van der Waals surface area contributed by atoms with Crippen LogP contribution in [0.3, 0.4) is 0 Å². The number of nitrogens with zero attached hydrogens (tertiary/aromatic N) is 1. The summed E-state index contributed by atoms with van der Waals surface area (Å²) in [7, 11) is 0. The molecule has 3 heterocycles. The summed E-state index contributed by atoms with van der Waals surface area (Å²) in [6, 6.07) is 17.5. The summed E-state index contributed by atoms with van der Waals surface area (Å²) in [6.07, 6.45) is 0. The average molecular weight is 444 g/mol. The minimum Gasteiger partial charge on any atom is -0.482 e. The minimum absolute atomic E-state index is 0.0642. The Labute approximate surface area is 186 Å². The number of amides is 1. The van der Waals surface area contributed by atoms with Gasteiger partial charge in [0, 0.05) is 10.9 Å². The summed E-state index contributed by atoms with van der Waals surface area (Å²) in [6.45, 7) is -0.497. The number of benzene rings is 2. The summed E-state index contributed by atoms with van der Waals surface area (Å²) in [5.41, 5.74) is 2.41. The van der Waals surface area contributed by atoms with Gasteiger partial charge in [-0.15, -0.1) is 11.3 Å². The predicted molar refractivity (Wildman–Crippen MR) is 120 cm³/mol. The number of anilines is 1. The van der Waals surface area contributed by atoms with Crippen LogP contribution >= 0.6 is 11.3 Å². The van der Waals surface area contributed by atoms with E-state index >= 15 is 0 Å². The number of ketones is 1. The number of nitrogens with one attached hydrogen (secondary N) is 1. The van der Waals surface area contributed by atoms with Crippen LogP contribution in [0.2, 0.25) is 0 Å². The fourth-order valence-corrected chi connectivity index (χ4v) is 4.13. The van der Waals surface area contributed by atoms with Gasteiger partial charge in [0.1, 0.15) is 5.75 Å². The fourth-order valence-electron chi connectivity index (χ4n) is 3.44. The first-order valence-electron chi connectivity index (χ1n) is 9.79. The van der Waals surface area contributed by atoms with E-state index in [1.54, 1.807) is 24.3 Å². The Kier molecular flexibility index (Phi) is 5.12. The maximum Gasteiger partial charge on any atom is 0.339 e. The topological polar surface area (TPSA) is 94.6 Å². The molecule has 0 spiro atoms. The number of para-hydroxylation sites is 1. The van der Waals surface area contributed by atoms with Gasteiger partial charge in [0.15, 0.2) is 19.0 Å². The highest BCUT2D eigenvalue weighted by atomic mass is 32.1. The van der Waals surface area contributed by atoms with Crippen LogP contribution in [-0.4, -0.2) is 35.9 Å². The Morgan fingerprint density at radius 3 is 2.81 bits per heavy atom. The van der Waals surface area contributed by atoms with E-state index in [1.807, 2.05) is 35.7 Å². The van der Waals surface area contributed by atoms with Crippen LogP contribution in [0.25, 0.3) is 21.5 Å². The molecule has 1 aliphatic heterocycles. The number of pyridine rings is 1. The van der Waals surface area contributed by atoms with Gasteiger partial charge in [-0.1, -0.05) is 24.3 Å². The molecule has 2 aromatic carbocycles. The zero-order chi connectivity index (χ0) is 22.1. The second-order valence-electron chi connectivity index (χ2n) is 7.10. The maximum atomic E-state index is 12.9. The van der Waals surface area contributed by atoms with E-state index in [0.29, 0.717) is 39.2 Å². The molecule has 0 unspecified atom stereocenters. The number of rotatable bonds is 5. The van der Waals surface area contributed by atoms with Gasteiger partial charge in [-0.2, -0.15) is 0 Å². The van der Waals surface area contributed by atoms with Gasteiger partial charge in [0.2, 0.25) is 0 Å². The Morgan fingerprint density at radius 2 is 1.97 bits per heavy atom. The Hall–Kier alpha value is -4.04. The first-order chi connectivity index (χ1) is 15.6. The van der Waals surface area contributed by atoms with Crippen LogP contribution in [0, 0.1) is 0 Å². The first kappa shape index (κ1) is 19.9. The number of carbonyl (C=O) groups is 3. The molecule has 7 nitrogen and oxygen atoms in total. The highest BCUT2D eigenvalue weighted by Crippen LogP contribution is 2.30. The van der Waals surface area contributed by atoms with Crippen molar-refractivity contribution in [3.05, 3.63) is 77.2 Å². The van der Waals surface area contributed by atoms with E-state index < -0.39 is 18.4 Å². The van der Waals surface area contributed by atoms with Crippen LogP contribution in [0.5, 0.6) is 5.75 Å². The SMILES string of the molecule is O=C1COc2ccc(C(=O)COC(=O)c3cc(-c4cccs4)nc4ccccc34)cc2N1. The van der Waals surface area contributed by atoms with Crippen molar-refractivity contribution < 1.29 is 23.9 Å². The second-order valence-corrected chi connectivity index (χ2v) is 8.04. The molecule has 0 radical (unpaired) electrons. The monoisotopic (exact) mass is 444 g/mol. The van der Waals surface area contributed by atoms with Gasteiger partial charge in [-0.25, -0.2) is 9.78 Å². The molecule has 5 rings (SSSR count). The summed E-state index contributed by atoms with van der Waals surface area (Å²) in [4.78, 5) is 42.6. The lowest BCUT2D eigenvalue weighted by molar-refractivity contribution is -0.118. The highest BCUT2D eigenvalue weighted by molar-refractivity contribution is 7.13. The summed E-state index contributed by atoms with van der Waals surface area (Å²) in [5, 5.41) is 5.25. The fraction of sp³-hybridized carbons (Fsp3) is 0.0833. The van der Waals surface area contributed by atoms with Gasteiger partial charge in [-0.05, 0) is 41.8 Å². The molecule has 0 fully saturated rings.